The largest absolute Gasteiger partial charge is 0.461 e. The highest BCUT2D eigenvalue weighted by molar-refractivity contribution is 6.36. The second kappa shape index (κ2) is 13.1. The minimum absolute atomic E-state index is 0.0612. The van der Waals surface area contributed by atoms with Crippen molar-refractivity contribution < 1.29 is 14.3 Å². The van der Waals surface area contributed by atoms with Gasteiger partial charge in [-0.3, -0.25) is 15.0 Å². The molecule has 3 aromatic rings. The minimum Gasteiger partial charge on any atom is -0.461 e. The topological polar surface area (TPSA) is 95.1 Å². The molecule has 0 saturated carbocycles. The van der Waals surface area contributed by atoms with Crippen LogP contribution in [0.4, 0.5) is 11.5 Å². The van der Waals surface area contributed by atoms with Crippen LogP contribution in [-0.2, 0) is 22.5 Å². The van der Waals surface area contributed by atoms with Crippen molar-refractivity contribution in [2.45, 2.75) is 50.3 Å². The fourth-order valence-corrected chi connectivity index (χ4v) is 7.71. The summed E-state index contributed by atoms with van der Waals surface area (Å²) in [6.45, 7) is 6.69. The number of hydrogen-bond donors (Lipinski definition) is 2. The van der Waals surface area contributed by atoms with E-state index in [1.165, 1.54) is 12.8 Å². The van der Waals surface area contributed by atoms with Gasteiger partial charge in [0.25, 0.3) is 0 Å². The number of likely N-dealkylation sites (N-methyl/N-ethyl adjacent to an activating group) is 1. The maximum Gasteiger partial charge on any atom is 0.318 e. The van der Waals surface area contributed by atoms with E-state index in [0.717, 1.165) is 84.0 Å². The minimum atomic E-state index is -0.131. The smallest absolute Gasteiger partial charge is 0.318 e. The average Bonchev–Trinajstić information content (AvgIpc) is 3.80. The van der Waals surface area contributed by atoms with Crippen LogP contribution in [0.2, 0.25) is 5.02 Å². The van der Waals surface area contributed by atoms with Crippen LogP contribution in [0.3, 0.4) is 0 Å². The molecule has 0 spiro atoms. The average molecular weight is 632 g/mol. The maximum atomic E-state index is 12.4. The van der Waals surface area contributed by atoms with Gasteiger partial charge in [0, 0.05) is 55.9 Å². The number of fused-ring (bicyclic) bond motifs is 3. The number of anilines is 2. The fourth-order valence-electron chi connectivity index (χ4n) is 7.43. The van der Waals surface area contributed by atoms with Crippen molar-refractivity contribution in [3.05, 3.63) is 64.8 Å². The molecule has 45 heavy (non-hydrogen) atoms. The molecule has 1 atom stereocenters. The molecule has 3 saturated heterocycles. The van der Waals surface area contributed by atoms with E-state index in [1.807, 2.05) is 19.2 Å². The zero-order chi connectivity index (χ0) is 30.8. The Bertz CT molecular complexity index is 1560. The number of ether oxygens (including phenoxy) is 2. The standard InChI is InChI=1S/C34H42ClN7O3/c1-40(19-15-37-30(43)11-10-25-20-36-23-45-25)32-26-12-18-41(29-9-3-7-24-6-2-8-27(35)31(24)29)21-28(26)38-33(39-32)44-22-34-13-4-16-42(34)17-5-14-34/h2-3,6-11,25,36H,4-5,12-23H2,1H3,(H,37,43)/b11-10+. The Labute approximate surface area is 269 Å². The molecule has 7 rings (SSSR count). The number of carbonyl (C=O) groups excluding carboxylic acids is 1. The molecular formula is C34H42ClN7O3. The summed E-state index contributed by atoms with van der Waals surface area (Å²) in [5, 5.41) is 9.05. The molecule has 0 radical (unpaired) electrons. The molecule has 4 aliphatic heterocycles. The van der Waals surface area contributed by atoms with Gasteiger partial charge in [0.2, 0.25) is 5.91 Å². The zero-order valence-electron chi connectivity index (χ0n) is 25.9. The molecule has 1 unspecified atom stereocenters. The number of aromatic nitrogens is 2. The molecule has 11 heteroatoms. The Morgan fingerprint density at radius 1 is 1.20 bits per heavy atom. The predicted octanol–water partition coefficient (Wildman–Crippen LogP) is 3.91. The van der Waals surface area contributed by atoms with Crippen molar-refractivity contribution in [3.63, 3.8) is 0 Å². The van der Waals surface area contributed by atoms with Crippen molar-refractivity contribution >= 4 is 39.8 Å². The Kier molecular flexibility index (Phi) is 8.81. The molecule has 5 heterocycles. The monoisotopic (exact) mass is 631 g/mol. The third kappa shape index (κ3) is 6.34. The van der Waals surface area contributed by atoms with E-state index in [4.69, 9.17) is 31.0 Å². The van der Waals surface area contributed by atoms with Crippen LogP contribution in [0.15, 0.2) is 48.6 Å². The van der Waals surface area contributed by atoms with Crippen molar-refractivity contribution in [2.24, 2.45) is 0 Å². The molecule has 0 bridgehead atoms. The lowest BCUT2D eigenvalue weighted by Gasteiger charge is -2.34. The van der Waals surface area contributed by atoms with E-state index in [-0.39, 0.29) is 17.6 Å². The molecule has 2 N–H and O–H groups in total. The van der Waals surface area contributed by atoms with Gasteiger partial charge in [-0.25, -0.2) is 0 Å². The number of benzene rings is 2. The van der Waals surface area contributed by atoms with E-state index in [2.05, 4.69) is 49.6 Å². The Morgan fingerprint density at radius 2 is 2.02 bits per heavy atom. The Balaban J connectivity index is 1.11. The summed E-state index contributed by atoms with van der Waals surface area (Å²) in [6.07, 6.45) is 8.85. The molecule has 4 aliphatic rings. The van der Waals surface area contributed by atoms with E-state index in [1.54, 1.807) is 12.2 Å². The Morgan fingerprint density at radius 3 is 2.82 bits per heavy atom. The summed E-state index contributed by atoms with van der Waals surface area (Å²) in [4.78, 5) is 29.5. The molecular weight excluding hydrogens is 590 g/mol. The van der Waals surface area contributed by atoms with Gasteiger partial charge in [-0.15, -0.1) is 0 Å². The molecule has 1 aromatic heterocycles. The third-order valence-corrected chi connectivity index (χ3v) is 10.1. The third-order valence-electron chi connectivity index (χ3n) is 9.79. The van der Waals surface area contributed by atoms with E-state index < -0.39 is 0 Å². The van der Waals surface area contributed by atoms with Gasteiger partial charge in [0.15, 0.2) is 0 Å². The normalized spacial score (nSPS) is 20.9. The van der Waals surface area contributed by atoms with E-state index in [9.17, 15) is 4.79 Å². The van der Waals surface area contributed by atoms with Crippen LogP contribution < -0.4 is 25.2 Å². The highest BCUT2D eigenvalue weighted by Crippen LogP contribution is 2.40. The molecule has 238 valence electrons. The number of halogens is 1. The lowest BCUT2D eigenvalue weighted by molar-refractivity contribution is -0.116. The molecule has 0 aliphatic carbocycles. The second-order valence-corrected chi connectivity index (χ2v) is 13.0. The summed E-state index contributed by atoms with van der Waals surface area (Å²) in [7, 11) is 2.03. The van der Waals surface area contributed by atoms with Gasteiger partial charge in [-0.1, -0.05) is 35.9 Å². The predicted molar refractivity (Wildman–Crippen MR) is 177 cm³/mol. The van der Waals surface area contributed by atoms with Crippen molar-refractivity contribution in [1.82, 2.24) is 25.5 Å². The first-order chi connectivity index (χ1) is 22.0. The lowest BCUT2D eigenvalue weighted by atomic mass is 9.95. The number of hydrogen-bond acceptors (Lipinski definition) is 9. The van der Waals surface area contributed by atoms with Crippen LogP contribution >= 0.6 is 11.6 Å². The van der Waals surface area contributed by atoms with Gasteiger partial charge in [-0.2, -0.15) is 9.97 Å². The first kappa shape index (κ1) is 30.2. The highest BCUT2D eigenvalue weighted by atomic mass is 35.5. The number of amides is 1. The van der Waals surface area contributed by atoms with E-state index in [0.29, 0.717) is 39.0 Å². The van der Waals surface area contributed by atoms with Gasteiger partial charge in [0.05, 0.1) is 35.6 Å². The molecule has 2 aromatic carbocycles. The molecule has 1 amide bonds. The van der Waals surface area contributed by atoms with Crippen LogP contribution in [-0.4, -0.2) is 92.1 Å². The van der Waals surface area contributed by atoms with Crippen molar-refractivity contribution in [3.8, 4) is 6.01 Å². The fraction of sp³-hybridized carbons (Fsp3) is 0.500. The number of rotatable bonds is 10. The lowest BCUT2D eigenvalue weighted by Crippen LogP contribution is -2.43. The first-order valence-corrected chi connectivity index (χ1v) is 16.6. The van der Waals surface area contributed by atoms with E-state index >= 15 is 0 Å². The quantitative estimate of drug-likeness (QED) is 0.323. The van der Waals surface area contributed by atoms with Crippen LogP contribution in [0.5, 0.6) is 6.01 Å². The van der Waals surface area contributed by atoms with Gasteiger partial charge < -0.3 is 24.6 Å². The van der Waals surface area contributed by atoms with Gasteiger partial charge >= 0.3 is 6.01 Å². The second-order valence-electron chi connectivity index (χ2n) is 12.6. The van der Waals surface area contributed by atoms with Gasteiger partial charge in [-0.05, 0) is 68.8 Å². The van der Waals surface area contributed by atoms with Crippen molar-refractivity contribution in [1.29, 1.82) is 0 Å². The van der Waals surface area contributed by atoms with Crippen LogP contribution in [0, 0.1) is 0 Å². The summed E-state index contributed by atoms with van der Waals surface area (Å²) in [5.74, 6) is 0.738. The summed E-state index contributed by atoms with van der Waals surface area (Å²) >= 11 is 6.72. The first-order valence-electron chi connectivity index (χ1n) is 16.2. The maximum absolute atomic E-state index is 12.4. The van der Waals surface area contributed by atoms with Crippen LogP contribution in [0.25, 0.3) is 10.8 Å². The number of nitrogens with one attached hydrogen (secondary N) is 2. The summed E-state index contributed by atoms with van der Waals surface area (Å²) < 4.78 is 12.0. The van der Waals surface area contributed by atoms with Crippen molar-refractivity contribution in [2.75, 3.05) is 69.5 Å². The number of carbonyl (C=O) groups is 1. The highest BCUT2D eigenvalue weighted by Gasteiger charge is 2.45. The van der Waals surface area contributed by atoms with Crippen LogP contribution in [0.1, 0.15) is 36.9 Å². The van der Waals surface area contributed by atoms with Gasteiger partial charge in [0.1, 0.15) is 12.4 Å². The summed E-state index contributed by atoms with van der Waals surface area (Å²) in [6, 6.07) is 12.8. The Hall–Kier alpha value is -3.44. The SMILES string of the molecule is CN(CCNC(=O)/C=C/C1CNCO1)c1nc(OCC23CCCN2CCC3)nc2c1CCN(c1cccc3cccc(Cl)c13)C2. The molecule has 10 nitrogen and oxygen atoms in total. The number of nitrogens with zero attached hydrogens (tertiary/aromatic N) is 5. The zero-order valence-corrected chi connectivity index (χ0v) is 26.7. The molecule has 3 fully saturated rings. The summed E-state index contributed by atoms with van der Waals surface area (Å²) in [5.41, 5.74) is 3.32.